The monoisotopic (exact) mass is 146 g/mol. The summed E-state index contributed by atoms with van der Waals surface area (Å²) in [6.45, 7) is 2.32. The van der Waals surface area contributed by atoms with E-state index in [0.29, 0.717) is 0 Å². The Labute approximate surface area is 61.4 Å². The van der Waals surface area contributed by atoms with Crippen molar-refractivity contribution in [2.24, 2.45) is 5.92 Å². The highest BCUT2D eigenvalue weighted by Gasteiger charge is 2.21. The van der Waals surface area contributed by atoms with Crippen molar-refractivity contribution in [2.45, 2.75) is 31.4 Å². The Kier molecular flexibility index (Phi) is 2.86. The summed E-state index contributed by atoms with van der Waals surface area (Å²) in [4.78, 5) is 0. The number of rotatable bonds is 2. The van der Waals surface area contributed by atoms with Crippen LogP contribution < -0.4 is 0 Å². The lowest BCUT2D eigenvalue weighted by Crippen LogP contribution is -1.94. The Morgan fingerprint density at radius 2 is 2.22 bits per heavy atom. The van der Waals surface area contributed by atoms with Crippen LogP contribution in [0.15, 0.2) is 0 Å². The Morgan fingerprint density at radius 3 is 2.67 bits per heavy atom. The third-order valence-electron chi connectivity index (χ3n) is 1.88. The van der Waals surface area contributed by atoms with Gasteiger partial charge in [0, 0.05) is 5.25 Å². The van der Waals surface area contributed by atoms with Gasteiger partial charge in [0.05, 0.1) is 7.11 Å². The SMILES string of the molecule is COSC1CCC(C)C1. The predicted octanol–water partition coefficient (Wildman–Crippen LogP) is 2.47. The third kappa shape index (κ3) is 2.18. The maximum Gasteiger partial charge on any atom is 0.0503 e. The highest BCUT2D eigenvalue weighted by molar-refractivity contribution is 7.95. The Morgan fingerprint density at radius 1 is 1.44 bits per heavy atom. The highest BCUT2D eigenvalue weighted by atomic mass is 32.2. The van der Waals surface area contributed by atoms with Gasteiger partial charge in [-0.1, -0.05) is 6.92 Å². The van der Waals surface area contributed by atoms with Crippen LogP contribution in [0, 0.1) is 5.92 Å². The molecule has 0 saturated heterocycles. The van der Waals surface area contributed by atoms with Crippen molar-refractivity contribution >= 4 is 12.0 Å². The molecule has 1 aliphatic carbocycles. The van der Waals surface area contributed by atoms with Crippen LogP contribution in [0.4, 0.5) is 0 Å². The van der Waals surface area contributed by atoms with Crippen LogP contribution in [0.1, 0.15) is 26.2 Å². The minimum absolute atomic E-state index is 0.782. The number of hydrogen-bond acceptors (Lipinski definition) is 2. The van der Waals surface area contributed by atoms with Gasteiger partial charge in [0.1, 0.15) is 0 Å². The van der Waals surface area contributed by atoms with Crippen molar-refractivity contribution < 1.29 is 4.18 Å². The van der Waals surface area contributed by atoms with Gasteiger partial charge in [-0.15, -0.1) is 0 Å². The molecule has 0 bridgehead atoms. The molecule has 9 heavy (non-hydrogen) atoms. The zero-order valence-electron chi connectivity index (χ0n) is 6.09. The third-order valence-corrected chi connectivity index (χ3v) is 2.77. The van der Waals surface area contributed by atoms with Gasteiger partial charge in [0.25, 0.3) is 0 Å². The smallest absolute Gasteiger partial charge is 0.0503 e. The summed E-state index contributed by atoms with van der Waals surface area (Å²) in [6, 6.07) is 0. The molecule has 1 nitrogen and oxygen atoms in total. The second-order valence-electron chi connectivity index (χ2n) is 2.80. The van der Waals surface area contributed by atoms with Crippen molar-refractivity contribution in [1.82, 2.24) is 0 Å². The molecule has 0 aromatic rings. The van der Waals surface area contributed by atoms with Crippen molar-refractivity contribution in [2.75, 3.05) is 7.11 Å². The van der Waals surface area contributed by atoms with Crippen LogP contribution in [0.3, 0.4) is 0 Å². The maximum absolute atomic E-state index is 4.99. The lowest BCUT2D eigenvalue weighted by atomic mass is 10.1. The average Bonchev–Trinajstić information content (AvgIpc) is 2.17. The van der Waals surface area contributed by atoms with E-state index in [1.165, 1.54) is 19.3 Å². The topological polar surface area (TPSA) is 9.23 Å². The molecule has 1 fully saturated rings. The fourth-order valence-corrected chi connectivity index (χ4v) is 2.29. The quantitative estimate of drug-likeness (QED) is 0.553. The van der Waals surface area contributed by atoms with Crippen molar-refractivity contribution in [3.8, 4) is 0 Å². The second-order valence-corrected chi connectivity index (χ2v) is 4.00. The van der Waals surface area contributed by atoms with Crippen molar-refractivity contribution in [3.63, 3.8) is 0 Å². The second kappa shape index (κ2) is 3.47. The highest BCUT2D eigenvalue weighted by Crippen LogP contribution is 2.33. The van der Waals surface area contributed by atoms with Crippen LogP contribution in [-0.2, 0) is 4.18 Å². The zero-order valence-corrected chi connectivity index (χ0v) is 6.91. The van der Waals surface area contributed by atoms with Crippen LogP contribution in [0.5, 0.6) is 0 Å². The molecule has 54 valence electrons. The lowest BCUT2D eigenvalue weighted by molar-refractivity contribution is 0.481. The molecule has 0 aromatic heterocycles. The molecule has 2 heteroatoms. The standard InChI is InChI=1S/C7H14OS/c1-6-3-4-7(5-6)9-8-2/h6-7H,3-5H2,1-2H3. The minimum Gasteiger partial charge on any atom is -0.318 e. The van der Waals surface area contributed by atoms with E-state index in [1.54, 1.807) is 19.2 Å². The molecule has 0 N–H and O–H groups in total. The minimum atomic E-state index is 0.782. The summed E-state index contributed by atoms with van der Waals surface area (Å²) < 4.78 is 4.99. The van der Waals surface area contributed by atoms with Gasteiger partial charge in [0.2, 0.25) is 0 Å². The van der Waals surface area contributed by atoms with Crippen LogP contribution >= 0.6 is 12.0 Å². The van der Waals surface area contributed by atoms with Crippen LogP contribution in [0.25, 0.3) is 0 Å². The van der Waals surface area contributed by atoms with E-state index in [0.717, 1.165) is 11.2 Å². The molecule has 2 unspecified atom stereocenters. The molecule has 0 heterocycles. The fourth-order valence-electron chi connectivity index (χ4n) is 1.38. The lowest BCUT2D eigenvalue weighted by Gasteiger charge is -2.04. The number of hydrogen-bond donors (Lipinski definition) is 0. The molecule has 0 aromatic carbocycles. The molecule has 1 aliphatic rings. The first kappa shape index (κ1) is 7.42. The Bertz CT molecular complexity index is 83.0. The molecule has 2 atom stereocenters. The van der Waals surface area contributed by atoms with Crippen molar-refractivity contribution in [1.29, 1.82) is 0 Å². The zero-order chi connectivity index (χ0) is 6.69. The van der Waals surface area contributed by atoms with Gasteiger partial charge in [-0.25, -0.2) is 0 Å². The van der Waals surface area contributed by atoms with Gasteiger partial charge in [-0.2, -0.15) is 0 Å². The fraction of sp³-hybridized carbons (Fsp3) is 1.00. The van der Waals surface area contributed by atoms with Gasteiger partial charge in [-0.3, -0.25) is 0 Å². The van der Waals surface area contributed by atoms with Gasteiger partial charge >= 0.3 is 0 Å². The summed E-state index contributed by atoms with van der Waals surface area (Å²) in [7, 11) is 1.76. The van der Waals surface area contributed by atoms with Gasteiger partial charge < -0.3 is 4.18 Å². The molecular weight excluding hydrogens is 132 g/mol. The van der Waals surface area contributed by atoms with E-state index in [1.807, 2.05) is 0 Å². The largest absolute Gasteiger partial charge is 0.318 e. The predicted molar refractivity (Wildman–Crippen MR) is 41.4 cm³/mol. The first-order valence-electron chi connectivity index (χ1n) is 3.52. The normalized spacial score (nSPS) is 35.3. The summed E-state index contributed by atoms with van der Waals surface area (Å²) in [5.41, 5.74) is 0. The van der Waals surface area contributed by atoms with E-state index in [4.69, 9.17) is 4.18 Å². The molecule has 1 rings (SSSR count). The van der Waals surface area contributed by atoms with E-state index in [2.05, 4.69) is 6.92 Å². The summed E-state index contributed by atoms with van der Waals surface area (Å²) in [5, 5.41) is 0.782. The molecule has 0 spiro atoms. The summed E-state index contributed by atoms with van der Waals surface area (Å²) >= 11 is 1.64. The molecule has 1 saturated carbocycles. The van der Waals surface area contributed by atoms with E-state index in [-0.39, 0.29) is 0 Å². The van der Waals surface area contributed by atoms with E-state index < -0.39 is 0 Å². The Hall–Kier alpha value is 0.310. The molecule has 0 amide bonds. The molecule has 0 radical (unpaired) electrons. The maximum atomic E-state index is 4.99. The first-order chi connectivity index (χ1) is 4.33. The molecule has 0 aliphatic heterocycles. The van der Waals surface area contributed by atoms with Gasteiger partial charge in [-0.05, 0) is 37.2 Å². The average molecular weight is 146 g/mol. The van der Waals surface area contributed by atoms with Crippen LogP contribution in [-0.4, -0.2) is 12.4 Å². The van der Waals surface area contributed by atoms with Crippen LogP contribution in [0.2, 0.25) is 0 Å². The summed E-state index contributed by atoms with van der Waals surface area (Å²) in [5.74, 6) is 0.928. The summed E-state index contributed by atoms with van der Waals surface area (Å²) in [6.07, 6.45) is 4.08. The molecular formula is C7H14OS. The Balaban J connectivity index is 2.14. The first-order valence-corrected chi connectivity index (χ1v) is 4.33. The van der Waals surface area contributed by atoms with Gasteiger partial charge in [0.15, 0.2) is 0 Å². The van der Waals surface area contributed by atoms with E-state index >= 15 is 0 Å². The van der Waals surface area contributed by atoms with Crippen molar-refractivity contribution in [3.05, 3.63) is 0 Å². The van der Waals surface area contributed by atoms with E-state index in [9.17, 15) is 0 Å².